The molecule has 0 N–H and O–H groups in total. The van der Waals surface area contributed by atoms with Crippen molar-refractivity contribution in [3.05, 3.63) is 47.0 Å². The zero-order valence-electron chi connectivity index (χ0n) is 24.8. The van der Waals surface area contributed by atoms with Gasteiger partial charge in [-0.15, -0.1) is 0 Å². The number of rotatable bonds is 16. The van der Waals surface area contributed by atoms with Gasteiger partial charge in [0.25, 0.3) is 0 Å². The Morgan fingerprint density at radius 3 is 2.13 bits per heavy atom. The lowest BCUT2D eigenvalue weighted by Crippen LogP contribution is -2.32. The maximum Gasteiger partial charge on any atom is 0.338 e. The molecule has 0 aromatic heterocycles. The highest BCUT2D eigenvalue weighted by molar-refractivity contribution is 5.92. The Kier molecular flexibility index (Phi) is 12.4. The summed E-state index contributed by atoms with van der Waals surface area (Å²) < 4.78 is 27.2. The van der Waals surface area contributed by atoms with E-state index in [0.29, 0.717) is 48.0 Å². The van der Waals surface area contributed by atoms with Crippen LogP contribution >= 0.6 is 0 Å². The lowest BCUT2D eigenvalue weighted by molar-refractivity contribution is 0.0503. The fourth-order valence-corrected chi connectivity index (χ4v) is 4.77. The molecule has 0 bridgehead atoms. The summed E-state index contributed by atoms with van der Waals surface area (Å²) in [4.78, 5) is 15.0. The molecule has 2 rings (SSSR count). The van der Waals surface area contributed by atoms with Crippen molar-refractivity contribution in [3.63, 3.8) is 0 Å². The number of esters is 1. The summed E-state index contributed by atoms with van der Waals surface area (Å²) in [5, 5.41) is 10.3. The molecule has 8 nitrogen and oxygen atoms in total. The van der Waals surface area contributed by atoms with Crippen LogP contribution in [0.3, 0.4) is 0 Å². The largest absolute Gasteiger partial charge is 0.493 e. The number of carbonyl (C=O) groups excluding carboxylic acids is 1. The zero-order valence-corrected chi connectivity index (χ0v) is 24.8. The molecule has 0 aliphatic carbocycles. The molecule has 0 radical (unpaired) electrons. The van der Waals surface area contributed by atoms with Gasteiger partial charge in [-0.25, -0.2) is 4.79 Å². The molecular weight excluding hydrogens is 496 g/mol. The van der Waals surface area contributed by atoms with Crippen molar-refractivity contribution in [3.8, 4) is 29.1 Å². The van der Waals surface area contributed by atoms with Crippen LogP contribution < -0.4 is 18.9 Å². The van der Waals surface area contributed by atoms with Crippen LogP contribution in [0.5, 0.6) is 23.0 Å². The molecular formula is C31H44N2O6. The maximum atomic E-state index is 12.8. The van der Waals surface area contributed by atoms with Crippen LogP contribution in [0.2, 0.25) is 0 Å². The fourth-order valence-electron chi connectivity index (χ4n) is 4.77. The number of hydrogen-bond acceptors (Lipinski definition) is 8. The van der Waals surface area contributed by atoms with Gasteiger partial charge in [-0.05, 0) is 80.6 Å². The Hall–Kier alpha value is -3.44. The second kappa shape index (κ2) is 15.2. The Balaban J connectivity index is 2.14. The summed E-state index contributed by atoms with van der Waals surface area (Å²) in [6, 6.07) is 11.9. The summed E-state index contributed by atoms with van der Waals surface area (Å²) >= 11 is 0. The molecule has 1 unspecified atom stereocenters. The fraction of sp³-hybridized carbons (Fsp3) is 0.548. The van der Waals surface area contributed by atoms with Crippen molar-refractivity contribution in [2.75, 3.05) is 55.2 Å². The van der Waals surface area contributed by atoms with Gasteiger partial charge >= 0.3 is 5.97 Å². The summed E-state index contributed by atoms with van der Waals surface area (Å²) in [6.07, 6.45) is 2.91. The highest BCUT2D eigenvalue weighted by Gasteiger charge is 2.36. The van der Waals surface area contributed by atoms with Crippen molar-refractivity contribution in [1.29, 1.82) is 5.26 Å². The van der Waals surface area contributed by atoms with Gasteiger partial charge in [0, 0.05) is 6.54 Å². The first-order valence-corrected chi connectivity index (χ1v) is 13.5. The normalized spacial score (nSPS) is 12.5. The van der Waals surface area contributed by atoms with E-state index in [1.807, 2.05) is 31.2 Å². The predicted molar refractivity (Wildman–Crippen MR) is 152 cm³/mol. The zero-order chi connectivity index (χ0) is 29.0. The Bertz CT molecular complexity index is 1130. The predicted octanol–water partition coefficient (Wildman–Crippen LogP) is 5.66. The number of ether oxygens (including phenoxy) is 5. The van der Waals surface area contributed by atoms with Gasteiger partial charge in [0.15, 0.2) is 23.0 Å². The topological polar surface area (TPSA) is 90.3 Å². The molecule has 0 aliphatic rings. The summed E-state index contributed by atoms with van der Waals surface area (Å²) in [5.74, 6) is 2.08. The number of likely N-dealkylation sites (N-methyl/N-ethyl adjacent to an activating group) is 1. The molecule has 0 spiro atoms. The van der Waals surface area contributed by atoms with Crippen molar-refractivity contribution in [2.24, 2.45) is 5.92 Å². The number of methoxy groups -OCH3 is 4. The Labute approximate surface area is 233 Å². The first-order valence-electron chi connectivity index (χ1n) is 13.5. The average molecular weight is 541 g/mol. The Morgan fingerprint density at radius 2 is 1.56 bits per heavy atom. The number of benzene rings is 2. The molecule has 1 atom stereocenters. The minimum Gasteiger partial charge on any atom is -0.493 e. The first kappa shape index (κ1) is 31.8. The molecule has 0 saturated carbocycles. The van der Waals surface area contributed by atoms with Gasteiger partial charge in [0.1, 0.15) is 0 Å². The lowest BCUT2D eigenvalue weighted by atomic mass is 9.69. The molecule has 2 aromatic rings. The highest BCUT2D eigenvalue weighted by atomic mass is 16.5. The minimum atomic E-state index is -0.653. The van der Waals surface area contributed by atoms with Crippen molar-refractivity contribution in [1.82, 2.24) is 4.90 Å². The van der Waals surface area contributed by atoms with E-state index >= 15 is 0 Å². The van der Waals surface area contributed by atoms with Crippen LogP contribution in [-0.2, 0) is 16.6 Å². The Morgan fingerprint density at radius 1 is 0.949 bits per heavy atom. The van der Waals surface area contributed by atoms with Crippen molar-refractivity contribution >= 4 is 5.97 Å². The number of carbonyl (C=O) groups is 1. The van der Waals surface area contributed by atoms with Crippen LogP contribution in [0.15, 0.2) is 30.3 Å². The van der Waals surface area contributed by atoms with Crippen molar-refractivity contribution < 1.29 is 28.5 Å². The molecule has 0 amide bonds. The van der Waals surface area contributed by atoms with Gasteiger partial charge in [-0.1, -0.05) is 26.8 Å². The quantitative estimate of drug-likeness (QED) is 0.252. The third kappa shape index (κ3) is 7.79. The van der Waals surface area contributed by atoms with Crippen LogP contribution in [0.4, 0.5) is 0 Å². The van der Waals surface area contributed by atoms with Crippen LogP contribution in [-0.4, -0.2) is 66.1 Å². The van der Waals surface area contributed by atoms with Gasteiger partial charge in [0.2, 0.25) is 0 Å². The van der Waals surface area contributed by atoms with E-state index < -0.39 is 5.41 Å². The molecule has 2 aromatic carbocycles. The molecule has 0 saturated heterocycles. The third-order valence-electron chi connectivity index (χ3n) is 7.22. The van der Waals surface area contributed by atoms with E-state index in [0.717, 1.165) is 37.1 Å². The monoisotopic (exact) mass is 540 g/mol. The molecule has 39 heavy (non-hydrogen) atoms. The standard InChI is InChI=1S/C31H44N2O6/c1-9-17-39-30(34)25-20-29(38-8)27(36-6)18-23(25)13-16-33(4)15-10-14-31(21-32,22(2)3)24-11-12-26(35-5)28(19-24)37-7/h11-12,18-20,22H,9-10,13-17H2,1-8H3. The summed E-state index contributed by atoms with van der Waals surface area (Å²) in [6.45, 7) is 8.01. The molecule has 0 aliphatic heterocycles. The van der Waals surface area contributed by atoms with Gasteiger partial charge in [0.05, 0.1) is 52.1 Å². The van der Waals surface area contributed by atoms with E-state index in [4.69, 9.17) is 23.7 Å². The smallest absolute Gasteiger partial charge is 0.338 e. The van der Waals surface area contributed by atoms with Crippen molar-refractivity contribution in [2.45, 2.75) is 51.9 Å². The summed E-state index contributed by atoms with van der Waals surface area (Å²) in [7, 11) is 8.39. The van der Waals surface area contributed by atoms with Crippen LogP contribution in [0, 0.1) is 17.2 Å². The second-order valence-corrected chi connectivity index (χ2v) is 9.96. The second-order valence-electron chi connectivity index (χ2n) is 9.96. The number of hydrogen-bond donors (Lipinski definition) is 0. The third-order valence-corrected chi connectivity index (χ3v) is 7.22. The average Bonchev–Trinajstić information content (AvgIpc) is 2.95. The first-order chi connectivity index (χ1) is 18.7. The highest BCUT2D eigenvalue weighted by Crippen LogP contribution is 2.40. The van der Waals surface area contributed by atoms with Crippen LogP contribution in [0.25, 0.3) is 0 Å². The molecule has 0 heterocycles. The number of nitriles is 1. The van der Waals surface area contributed by atoms with Crippen LogP contribution in [0.1, 0.15) is 61.5 Å². The number of nitrogens with zero attached hydrogens (tertiary/aromatic N) is 2. The van der Waals surface area contributed by atoms with E-state index in [2.05, 4.69) is 31.9 Å². The molecule has 8 heteroatoms. The van der Waals surface area contributed by atoms with E-state index in [-0.39, 0.29) is 11.9 Å². The molecule has 0 fully saturated rings. The van der Waals surface area contributed by atoms with E-state index in [1.54, 1.807) is 34.5 Å². The summed E-state index contributed by atoms with van der Waals surface area (Å²) in [5.41, 5.74) is 1.62. The minimum absolute atomic E-state index is 0.106. The van der Waals surface area contributed by atoms with Gasteiger partial charge in [-0.3, -0.25) is 0 Å². The SMILES string of the molecule is CCCOC(=O)c1cc(OC)c(OC)cc1CCN(C)CCCC(C#N)(c1ccc(OC)c(OC)c1)C(C)C. The van der Waals surface area contributed by atoms with E-state index in [1.165, 1.54) is 0 Å². The van der Waals surface area contributed by atoms with Gasteiger partial charge < -0.3 is 28.6 Å². The molecule has 214 valence electrons. The van der Waals surface area contributed by atoms with Gasteiger partial charge in [-0.2, -0.15) is 5.26 Å². The maximum absolute atomic E-state index is 12.8. The van der Waals surface area contributed by atoms with E-state index in [9.17, 15) is 10.1 Å². The lowest BCUT2D eigenvalue weighted by Gasteiger charge is -2.32.